The summed E-state index contributed by atoms with van der Waals surface area (Å²) < 4.78 is 11.3. The van der Waals surface area contributed by atoms with Crippen molar-refractivity contribution in [2.45, 2.75) is 26.1 Å². The van der Waals surface area contributed by atoms with Gasteiger partial charge in [0.15, 0.2) is 0 Å². The zero-order chi connectivity index (χ0) is 17.0. The van der Waals surface area contributed by atoms with Crippen molar-refractivity contribution in [2.24, 2.45) is 0 Å². The lowest BCUT2D eigenvalue weighted by atomic mass is 10.1. The van der Waals surface area contributed by atoms with Crippen molar-refractivity contribution in [3.63, 3.8) is 0 Å². The van der Waals surface area contributed by atoms with Gasteiger partial charge in [-0.3, -0.25) is 0 Å². The maximum atomic E-state index is 12.4. The molecule has 0 aliphatic carbocycles. The van der Waals surface area contributed by atoms with Crippen LogP contribution >= 0.6 is 11.3 Å². The molecule has 0 bridgehead atoms. The van der Waals surface area contributed by atoms with Gasteiger partial charge in [-0.25, -0.2) is 9.78 Å². The number of hydrogen-bond acceptors (Lipinski definition) is 5. The zero-order valence-corrected chi connectivity index (χ0v) is 14.6. The number of thiazole rings is 1. The van der Waals surface area contributed by atoms with E-state index >= 15 is 0 Å². The number of hydrogen-bond donors (Lipinski definition) is 1. The van der Waals surface area contributed by atoms with Gasteiger partial charge in [0.1, 0.15) is 12.4 Å². The molecule has 2 heterocycles. The summed E-state index contributed by atoms with van der Waals surface area (Å²) in [6.07, 6.45) is 0. The molecule has 0 unspecified atom stereocenters. The highest BCUT2D eigenvalue weighted by Crippen LogP contribution is 2.21. The molecule has 1 aliphatic heterocycles. The predicted molar refractivity (Wildman–Crippen MR) is 93.5 cm³/mol. The first-order chi connectivity index (χ1) is 11.5. The summed E-state index contributed by atoms with van der Waals surface area (Å²) in [4.78, 5) is 18.4. The van der Waals surface area contributed by atoms with E-state index in [-0.39, 0.29) is 11.6 Å². The number of aromatic nitrogens is 1. The average molecular weight is 347 g/mol. The molecule has 0 radical (unpaired) electrons. The van der Waals surface area contributed by atoms with E-state index in [0.29, 0.717) is 37.7 Å². The molecular weight excluding hydrogens is 326 g/mol. The molecular formula is C17H21N3O3S. The molecule has 24 heavy (non-hydrogen) atoms. The highest BCUT2D eigenvalue weighted by atomic mass is 32.1. The van der Waals surface area contributed by atoms with Crippen molar-refractivity contribution in [3.05, 3.63) is 40.8 Å². The van der Waals surface area contributed by atoms with Crippen molar-refractivity contribution in [1.82, 2.24) is 9.88 Å². The van der Waals surface area contributed by atoms with Crippen LogP contribution in [0.15, 0.2) is 35.2 Å². The molecule has 3 rings (SSSR count). The van der Waals surface area contributed by atoms with E-state index in [2.05, 4.69) is 10.3 Å². The third-order valence-corrected chi connectivity index (χ3v) is 4.30. The number of rotatable bonds is 4. The molecule has 1 aliphatic rings. The molecule has 1 fully saturated rings. The summed E-state index contributed by atoms with van der Waals surface area (Å²) in [5.74, 6) is 0.697. The molecule has 1 saturated heterocycles. The van der Waals surface area contributed by atoms with Gasteiger partial charge in [0, 0.05) is 23.7 Å². The zero-order valence-electron chi connectivity index (χ0n) is 13.8. The lowest BCUT2D eigenvalue weighted by Crippen LogP contribution is -2.51. The van der Waals surface area contributed by atoms with Gasteiger partial charge in [-0.15, -0.1) is 11.3 Å². The number of nitrogens with zero attached hydrogens (tertiary/aromatic N) is 2. The first kappa shape index (κ1) is 16.7. The van der Waals surface area contributed by atoms with Gasteiger partial charge >= 0.3 is 6.03 Å². The fourth-order valence-corrected chi connectivity index (χ4v) is 3.07. The van der Waals surface area contributed by atoms with Crippen LogP contribution in [0.3, 0.4) is 0 Å². The Kier molecular flexibility index (Phi) is 5.01. The number of morpholine rings is 1. The maximum absolute atomic E-state index is 12.4. The molecule has 1 N–H and O–H groups in total. The van der Waals surface area contributed by atoms with Crippen LogP contribution in [0.5, 0.6) is 5.75 Å². The Labute approximate surface area is 145 Å². The van der Waals surface area contributed by atoms with Crippen LogP contribution in [0.4, 0.5) is 10.5 Å². The Hall–Kier alpha value is -2.12. The second kappa shape index (κ2) is 7.19. The number of carbonyl (C=O) groups excluding carboxylic acids is 1. The minimum Gasteiger partial charge on any atom is -0.487 e. The van der Waals surface area contributed by atoms with Crippen molar-refractivity contribution in [1.29, 1.82) is 0 Å². The van der Waals surface area contributed by atoms with E-state index in [1.807, 2.05) is 43.5 Å². The number of anilines is 1. The predicted octanol–water partition coefficient (Wildman–Crippen LogP) is 3.36. The summed E-state index contributed by atoms with van der Waals surface area (Å²) in [5.41, 5.74) is 3.07. The molecule has 1 aromatic heterocycles. The van der Waals surface area contributed by atoms with E-state index < -0.39 is 0 Å². The number of amides is 2. The molecule has 0 atom stereocenters. The van der Waals surface area contributed by atoms with Crippen LogP contribution in [0.2, 0.25) is 0 Å². The van der Waals surface area contributed by atoms with Crippen LogP contribution in [-0.4, -0.2) is 41.2 Å². The molecule has 128 valence electrons. The topological polar surface area (TPSA) is 63.7 Å². The van der Waals surface area contributed by atoms with Gasteiger partial charge in [-0.2, -0.15) is 0 Å². The maximum Gasteiger partial charge on any atom is 0.322 e. The fraction of sp³-hybridized carbons (Fsp3) is 0.412. The van der Waals surface area contributed by atoms with Gasteiger partial charge in [-0.05, 0) is 26.0 Å². The Balaban J connectivity index is 1.58. The van der Waals surface area contributed by atoms with Gasteiger partial charge in [0.25, 0.3) is 0 Å². The van der Waals surface area contributed by atoms with E-state index in [9.17, 15) is 4.79 Å². The second-order valence-corrected chi connectivity index (χ2v) is 6.97. The second-order valence-electron chi connectivity index (χ2n) is 6.26. The van der Waals surface area contributed by atoms with Gasteiger partial charge in [-0.1, -0.05) is 6.07 Å². The number of ether oxygens (including phenoxy) is 2. The summed E-state index contributed by atoms with van der Waals surface area (Å²) in [6, 6.07) is 7.26. The molecule has 7 heteroatoms. The van der Waals surface area contributed by atoms with Crippen LogP contribution in [-0.2, 0) is 11.3 Å². The summed E-state index contributed by atoms with van der Waals surface area (Å²) >= 11 is 1.54. The average Bonchev–Trinajstić information content (AvgIpc) is 3.06. The molecule has 2 aromatic rings. The summed E-state index contributed by atoms with van der Waals surface area (Å²) in [7, 11) is 0. The van der Waals surface area contributed by atoms with E-state index in [0.717, 1.165) is 5.69 Å². The Morgan fingerprint density at radius 3 is 3.12 bits per heavy atom. The normalized spacial score (nSPS) is 16.7. The Morgan fingerprint density at radius 1 is 1.50 bits per heavy atom. The van der Waals surface area contributed by atoms with Crippen LogP contribution < -0.4 is 10.1 Å². The van der Waals surface area contributed by atoms with Crippen LogP contribution in [0.25, 0.3) is 0 Å². The molecule has 0 spiro atoms. The Bertz CT molecular complexity index is 688. The first-order valence-corrected chi connectivity index (χ1v) is 8.76. The highest BCUT2D eigenvalue weighted by Gasteiger charge is 2.29. The van der Waals surface area contributed by atoms with Crippen molar-refractivity contribution < 1.29 is 14.3 Å². The first-order valence-electron chi connectivity index (χ1n) is 7.82. The van der Waals surface area contributed by atoms with E-state index in [4.69, 9.17) is 9.47 Å². The van der Waals surface area contributed by atoms with Crippen LogP contribution in [0.1, 0.15) is 19.5 Å². The van der Waals surface area contributed by atoms with E-state index in [1.54, 1.807) is 10.4 Å². The Morgan fingerprint density at radius 2 is 2.38 bits per heavy atom. The summed E-state index contributed by atoms with van der Waals surface area (Å²) in [5, 5.41) is 4.87. The van der Waals surface area contributed by atoms with Crippen molar-refractivity contribution in [2.75, 3.05) is 25.0 Å². The molecule has 2 amide bonds. The minimum atomic E-state index is -0.311. The standard InChI is InChI=1S/C17H21N3O3S/c1-17(2)11-20(6-7-23-17)16(21)19-13-4-3-5-15(8-13)22-9-14-10-24-12-18-14/h3-5,8,10,12H,6-7,9,11H2,1-2H3,(H,19,21). The highest BCUT2D eigenvalue weighted by molar-refractivity contribution is 7.07. The largest absolute Gasteiger partial charge is 0.487 e. The monoisotopic (exact) mass is 347 g/mol. The van der Waals surface area contributed by atoms with Crippen molar-refractivity contribution >= 4 is 23.1 Å². The number of nitrogens with one attached hydrogen (secondary N) is 1. The van der Waals surface area contributed by atoms with E-state index in [1.165, 1.54) is 11.3 Å². The quantitative estimate of drug-likeness (QED) is 0.921. The molecule has 6 nitrogen and oxygen atoms in total. The van der Waals surface area contributed by atoms with Crippen LogP contribution in [0, 0.1) is 0 Å². The van der Waals surface area contributed by atoms with Gasteiger partial charge in [0.05, 0.1) is 30.0 Å². The number of benzene rings is 1. The number of carbonyl (C=O) groups is 1. The van der Waals surface area contributed by atoms with Gasteiger partial charge < -0.3 is 19.7 Å². The summed E-state index contributed by atoms with van der Waals surface area (Å²) in [6.45, 7) is 6.10. The van der Waals surface area contributed by atoms with Crippen molar-refractivity contribution in [3.8, 4) is 5.75 Å². The lowest BCUT2D eigenvalue weighted by molar-refractivity contribution is -0.0720. The molecule has 0 saturated carbocycles. The minimum absolute atomic E-state index is 0.122. The smallest absolute Gasteiger partial charge is 0.322 e. The number of urea groups is 1. The third-order valence-electron chi connectivity index (χ3n) is 3.67. The SMILES string of the molecule is CC1(C)CN(C(=O)Nc2cccc(OCc3cscn3)c2)CCO1. The fourth-order valence-electron chi connectivity index (χ4n) is 2.52. The van der Waals surface area contributed by atoms with Gasteiger partial charge in [0.2, 0.25) is 0 Å². The molecule has 1 aromatic carbocycles. The third kappa shape index (κ3) is 4.46. The lowest BCUT2D eigenvalue weighted by Gasteiger charge is -2.38.